The molecule has 0 bridgehead atoms. The third-order valence-electron chi connectivity index (χ3n) is 25.9. The van der Waals surface area contributed by atoms with Gasteiger partial charge in [-0.2, -0.15) is 26.3 Å². The number of urea groups is 4. The van der Waals surface area contributed by atoms with Crippen LogP contribution in [0.3, 0.4) is 0 Å². The minimum atomic E-state index is -4.68. The Labute approximate surface area is 816 Å². The van der Waals surface area contributed by atoms with Gasteiger partial charge in [-0.1, -0.05) is 86.8 Å². The van der Waals surface area contributed by atoms with Crippen LogP contribution in [-0.2, 0) is 64.0 Å². The van der Waals surface area contributed by atoms with E-state index in [1.807, 2.05) is 78.2 Å². The molecule has 143 heavy (non-hydrogen) atoms. The zero-order chi connectivity index (χ0) is 102. The van der Waals surface area contributed by atoms with Crippen LogP contribution >= 0.6 is 0 Å². The highest BCUT2D eigenvalue weighted by atomic mass is 19.4. The number of nitrogens with one attached hydrogen (secondary N) is 4. The van der Waals surface area contributed by atoms with Crippen molar-refractivity contribution in [1.29, 1.82) is 0 Å². The van der Waals surface area contributed by atoms with Crippen molar-refractivity contribution in [2.75, 3.05) is 70.2 Å². The summed E-state index contributed by atoms with van der Waals surface area (Å²) in [5, 5.41) is 9.90. The van der Waals surface area contributed by atoms with Crippen molar-refractivity contribution in [3.8, 4) is 0 Å². The third-order valence-corrected chi connectivity index (χ3v) is 25.9. The van der Waals surface area contributed by atoms with Crippen LogP contribution in [0.1, 0.15) is 117 Å². The molecule has 3 aliphatic carbocycles. The standard InChI is InChI=1S/C30H28N6O3.C24H32N8O3.C22H24F3N7O3.C21H22F3N7O3/c1-35(23-13-15-32-16-14-23)29(38)27-24(18-20-12-17-33-25(31)19-20)28(37)36(27)30(39)34-26(21-8-4-2-5-9-21)22-10-6-3-7-11-22;1-3-18(16-7-5-4-6-8-16)30-24(35)32-20(22(34)31(2)23-28-13-26-14-29-23)17(21(32)33)11-15-9-10-27-19(25)12-15;1-2-31(20-28-7-3-8-29-20)19(34)16-14(10-12-6-9-27-15(26)11-12)18(33)32(16)21(35)30-17(13-4-5-13)22(23,24)25;1-30(19-27-6-2-7-28-19)18(33)15-13(9-11-5-8-26-14(25)10-11)17(32)31(15)20(34)29-16(12-3-4-12)21(22,23)24/h2-17,19,24,26-27H,18H2,1H3,(H2,31,33)(H,34,39);9-10,12-14,16-18,20H,3-8,11H2,1-2H3,(H2,25,27)(H,30,35);3,6-9,11,13-14,16-17H,2,4-5,10H2,1H3,(H2,26,27)(H,30,35);2,5-8,10,12-13,15-16H,3-4,9H2,1H3,(H2,25,26)(H,29,34)/t24-,27+;17-,18-,20+;14-,16+,17+;13-,15+,16+/m1111/s1. The second kappa shape index (κ2) is 45.4. The predicted octanol–water partition coefficient (Wildman–Crippen LogP) is 9.00. The fourth-order valence-corrected chi connectivity index (χ4v) is 18.2. The number of benzene rings is 2. The molecule has 46 heteroatoms. The van der Waals surface area contributed by atoms with E-state index in [1.165, 1.54) is 97.2 Å². The molecule has 10 aromatic rings. The first-order valence-corrected chi connectivity index (χ1v) is 46.3. The fraction of sp³-hybridized carbons (Fsp3) is 0.381. The van der Waals surface area contributed by atoms with Gasteiger partial charge < -0.3 is 49.1 Å². The largest absolute Gasteiger partial charge is 0.408 e. The lowest BCUT2D eigenvalue weighted by atomic mass is 9.81. The van der Waals surface area contributed by atoms with E-state index in [-0.39, 0.29) is 73.7 Å². The molecule has 748 valence electrons. The van der Waals surface area contributed by atoms with Gasteiger partial charge in [-0.3, -0.25) is 77.6 Å². The van der Waals surface area contributed by atoms with E-state index in [1.54, 1.807) is 99.4 Å². The summed E-state index contributed by atoms with van der Waals surface area (Å²) < 4.78 is 80.8. The zero-order valence-corrected chi connectivity index (χ0v) is 78.3. The molecule has 8 aromatic heterocycles. The maximum atomic E-state index is 13.8. The lowest BCUT2D eigenvalue weighted by molar-refractivity contribution is -0.163. The number of hydrogen-bond donors (Lipinski definition) is 8. The molecular formula is C97H106F6N28O12. The summed E-state index contributed by atoms with van der Waals surface area (Å²) in [6, 6.07) is 25.5. The number of nitrogens with zero attached hydrogens (tertiary/aromatic N) is 20. The monoisotopic (exact) mass is 1970 g/mol. The molecular weight excluding hydrogens is 1860 g/mol. The SMILES string of the molecule is CCN(C(=O)[C@@H]1[C@@H](Cc2ccnc(N)c2)C(=O)N1C(=O)N[C@@H](C1CC1)C(F)(F)F)c1ncccn1.CC[C@@H](NC(=O)N1C(=O)[C@H](Cc2ccnc(N)c2)[C@H]1C(=O)N(C)c1ncncn1)C1CCCCC1.CN(C(=O)[C@@H]1[C@@H](Cc2ccnc(N)c2)C(=O)N1C(=O)NC(c1ccccc1)c1ccccc1)c1ccncc1.CN(C(=O)[C@@H]1[C@@H](Cc2ccnc(N)c2)C(=O)N1C(=O)N[C@@H](C1CC1)C(F)(F)F)c1ncccn1. The molecule has 3 saturated carbocycles. The van der Waals surface area contributed by atoms with Crippen LogP contribution in [0.4, 0.5) is 92.3 Å². The number of hydrogen-bond acceptors (Lipinski definition) is 28. The average molecular weight is 1970 g/mol. The number of nitrogens with two attached hydrogens (primary N) is 4. The van der Waals surface area contributed by atoms with Crippen LogP contribution in [0.2, 0.25) is 0 Å². The summed E-state index contributed by atoms with van der Waals surface area (Å²) in [7, 11) is 4.50. The number of carbonyl (C=O) groups is 12. The highest BCUT2D eigenvalue weighted by molar-refractivity contribution is 6.15. The molecule has 2 aromatic carbocycles. The summed E-state index contributed by atoms with van der Waals surface area (Å²) >= 11 is 0. The molecule has 7 aliphatic rings. The van der Waals surface area contributed by atoms with Crippen molar-refractivity contribution in [2.45, 2.75) is 164 Å². The predicted molar refractivity (Wildman–Crippen MR) is 507 cm³/mol. The molecule has 0 radical (unpaired) electrons. The number of rotatable bonds is 27. The molecule has 12 heterocycles. The first-order valence-electron chi connectivity index (χ1n) is 46.3. The van der Waals surface area contributed by atoms with Gasteiger partial charge in [0.15, 0.2) is 0 Å². The van der Waals surface area contributed by atoms with E-state index in [9.17, 15) is 83.9 Å². The minimum absolute atomic E-state index is 0.0188. The fourth-order valence-electron chi connectivity index (χ4n) is 18.2. The first kappa shape index (κ1) is 103. The number of amides is 16. The van der Waals surface area contributed by atoms with E-state index in [2.05, 4.69) is 70.4 Å². The lowest BCUT2D eigenvalue weighted by Crippen LogP contribution is -2.71. The van der Waals surface area contributed by atoms with Gasteiger partial charge in [0, 0.05) is 101 Å². The smallest absolute Gasteiger partial charge is 0.384 e. The van der Waals surface area contributed by atoms with Crippen LogP contribution in [-0.4, -0.2) is 233 Å². The highest BCUT2D eigenvalue weighted by Gasteiger charge is 2.62. The van der Waals surface area contributed by atoms with Gasteiger partial charge in [-0.05, 0) is 201 Å². The highest BCUT2D eigenvalue weighted by Crippen LogP contribution is 2.45. The maximum absolute atomic E-state index is 13.8. The van der Waals surface area contributed by atoms with Crippen molar-refractivity contribution in [2.24, 2.45) is 41.4 Å². The molecule has 17 rings (SSSR count). The Kier molecular flexibility index (Phi) is 32.6. The second-order valence-electron chi connectivity index (χ2n) is 35.4. The minimum Gasteiger partial charge on any atom is -0.384 e. The van der Waals surface area contributed by atoms with E-state index in [0.717, 1.165) is 69.1 Å². The van der Waals surface area contributed by atoms with Gasteiger partial charge in [0.05, 0.1) is 29.7 Å². The normalized spacial score (nSPS) is 19.7. The summed E-state index contributed by atoms with van der Waals surface area (Å²) in [4.78, 5) is 215. The van der Waals surface area contributed by atoms with Gasteiger partial charge in [0.2, 0.25) is 41.5 Å². The van der Waals surface area contributed by atoms with Gasteiger partial charge >= 0.3 is 36.5 Å². The van der Waals surface area contributed by atoms with Gasteiger partial charge in [-0.25, -0.2) is 74.0 Å². The summed E-state index contributed by atoms with van der Waals surface area (Å²) in [5.74, 6) is -7.79. The average Bonchev–Trinajstić information content (AvgIpc) is 1.69. The quantitative estimate of drug-likeness (QED) is 0.0176. The number of halogens is 6. The van der Waals surface area contributed by atoms with Crippen molar-refractivity contribution in [3.63, 3.8) is 0 Å². The Balaban J connectivity index is 0.000000151. The van der Waals surface area contributed by atoms with Crippen LogP contribution in [0.5, 0.6) is 0 Å². The Morgan fingerprint density at radius 2 is 0.706 bits per heavy atom. The first-order chi connectivity index (χ1) is 68.5. The van der Waals surface area contributed by atoms with Gasteiger partial charge in [-0.15, -0.1) is 0 Å². The Bertz CT molecular complexity index is 6180. The number of aromatic nitrogens is 12. The number of pyridine rings is 5. The Morgan fingerprint density at radius 1 is 0.371 bits per heavy atom. The van der Waals surface area contributed by atoms with Gasteiger partial charge in [0.1, 0.15) is 72.2 Å². The Morgan fingerprint density at radius 3 is 1.05 bits per heavy atom. The summed E-state index contributed by atoms with van der Waals surface area (Å²) in [6.07, 6.45) is 16.3. The molecule has 40 nitrogen and oxygen atoms in total. The number of carbonyl (C=O) groups excluding carboxylic acids is 12. The van der Waals surface area contributed by atoms with Crippen LogP contribution in [0.25, 0.3) is 0 Å². The van der Waals surface area contributed by atoms with E-state index in [0.29, 0.717) is 69.9 Å². The topological polar surface area (TPSA) is 538 Å². The van der Waals surface area contributed by atoms with Crippen LogP contribution in [0.15, 0.2) is 208 Å². The maximum Gasteiger partial charge on any atom is 0.408 e. The molecule has 7 fully saturated rings. The number of anilines is 8. The molecule has 12 N–H and O–H groups in total. The Hall–Kier alpha value is -16.2. The molecule has 0 unspecified atom stereocenters. The number of likely N-dealkylation sites (N-methyl/N-ethyl adjacent to an activating group) is 4. The number of likely N-dealkylation sites (tertiary alicyclic amines) is 4. The number of β-lactam (4-membered cyclic amide) rings is 4. The van der Waals surface area contributed by atoms with Crippen molar-refractivity contribution >= 4 is 118 Å². The number of imide groups is 4. The third kappa shape index (κ3) is 24.3. The van der Waals surface area contributed by atoms with Crippen LogP contribution < -0.4 is 63.8 Å². The number of nitrogen functional groups attached to an aromatic ring is 4. The number of alkyl halides is 6. The van der Waals surface area contributed by atoms with Crippen molar-refractivity contribution < 1.29 is 83.9 Å². The zero-order valence-electron chi connectivity index (χ0n) is 78.3. The molecule has 4 aliphatic heterocycles. The molecule has 4 saturated heterocycles. The van der Waals surface area contributed by atoms with Crippen molar-refractivity contribution in [1.82, 2.24) is 101 Å². The van der Waals surface area contributed by atoms with Crippen molar-refractivity contribution in [3.05, 3.63) is 241 Å². The molecule has 16 amide bonds. The second-order valence-corrected chi connectivity index (χ2v) is 35.4. The molecule has 0 spiro atoms. The van der Waals surface area contributed by atoms with E-state index in [4.69, 9.17) is 22.9 Å². The van der Waals surface area contributed by atoms with E-state index < -0.39 is 156 Å². The lowest BCUT2D eigenvalue weighted by Gasteiger charge is -2.46. The summed E-state index contributed by atoms with van der Waals surface area (Å²) in [6.45, 7) is 3.81. The van der Waals surface area contributed by atoms with Gasteiger partial charge in [0.25, 0.3) is 23.6 Å². The van der Waals surface area contributed by atoms with Crippen LogP contribution in [0, 0.1) is 41.4 Å². The van der Waals surface area contributed by atoms with E-state index >= 15 is 0 Å². The summed E-state index contributed by atoms with van der Waals surface area (Å²) in [5.41, 5.74) is 28.0. The molecule has 11 atom stereocenters.